The molecular weight excluding hydrogens is 470 g/mol. The van der Waals surface area contributed by atoms with Crippen molar-refractivity contribution in [2.75, 3.05) is 11.1 Å². The van der Waals surface area contributed by atoms with Crippen molar-refractivity contribution in [3.05, 3.63) is 95.3 Å². The van der Waals surface area contributed by atoms with Gasteiger partial charge in [-0.1, -0.05) is 53.7 Å². The maximum atomic E-state index is 13.9. The van der Waals surface area contributed by atoms with Crippen molar-refractivity contribution in [3.8, 4) is 11.4 Å². The van der Waals surface area contributed by atoms with E-state index >= 15 is 0 Å². The summed E-state index contributed by atoms with van der Waals surface area (Å²) in [7, 11) is 0. The van der Waals surface area contributed by atoms with Gasteiger partial charge < -0.3 is 10.1 Å². The number of anilines is 1. The van der Waals surface area contributed by atoms with E-state index in [2.05, 4.69) is 15.5 Å². The van der Waals surface area contributed by atoms with Crippen LogP contribution in [0.1, 0.15) is 5.82 Å². The fraction of sp³-hybridized carbons (Fsp3) is 0.0870. The summed E-state index contributed by atoms with van der Waals surface area (Å²) in [5, 5.41) is 11.4. The first kappa shape index (κ1) is 22.8. The van der Waals surface area contributed by atoms with E-state index in [1.807, 2.05) is 30.3 Å². The van der Waals surface area contributed by atoms with E-state index in [9.17, 15) is 13.6 Å². The number of nitrogens with one attached hydrogen (secondary N) is 1. The summed E-state index contributed by atoms with van der Waals surface area (Å²) in [5.74, 6) is -0.798. The van der Waals surface area contributed by atoms with Gasteiger partial charge in [-0.05, 0) is 42.5 Å². The summed E-state index contributed by atoms with van der Waals surface area (Å²) >= 11 is 6.92. The molecule has 0 aliphatic carbocycles. The molecule has 0 spiro atoms. The van der Waals surface area contributed by atoms with Gasteiger partial charge in [0, 0.05) is 11.4 Å². The summed E-state index contributed by atoms with van der Waals surface area (Å²) < 4.78 is 34.6. The molecule has 0 radical (unpaired) electrons. The maximum absolute atomic E-state index is 13.9. The zero-order chi connectivity index (χ0) is 23.2. The Labute approximate surface area is 197 Å². The van der Waals surface area contributed by atoms with Crippen molar-refractivity contribution in [3.63, 3.8) is 0 Å². The van der Waals surface area contributed by atoms with Crippen LogP contribution in [0, 0.1) is 11.6 Å². The van der Waals surface area contributed by atoms with Crippen LogP contribution < -0.4 is 10.1 Å². The van der Waals surface area contributed by atoms with Gasteiger partial charge in [0.1, 0.15) is 12.4 Å². The van der Waals surface area contributed by atoms with Gasteiger partial charge in [0.2, 0.25) is 5.91 Å². The fourth-order valence-corrected chi connectivity index (χ4v) is 3.88. The van der Waals surface area contributed by atoms with E-state index in [1.165, 1.54) is 30.3 Å². The Hall–Kier alpha value is -3.43. The van der Waals surface area contributed by atoms with Gasteiger partial charge in [0.15, 0.2) is 22.5 Å². The van der Waals surface area contributed by atoms with Crippen molar-refractivity contribution >= 4 is 35.0 Å². The topological polar surface area (TPSA) is 69.0 Å². The van der Waals surface area contributed by atoms with Crippen molar-refractivity contribution in [1.82, 2.24) is 14.8 Å². The quantitative estimate of drug-likeness (QED) is 0.333. The van der Waals surface area contributed by atoms with E-state index < -0.39 is 11.6 Å². The van der Waals surface area contributed by atoms with Crippen LogP contribution in [0.25, 0.3) is 5.69 Å². The molecule has 33 heavy (non-hydrogen) atoms. The van der Waals surface area contributed by atoms with Crippen LogP contribution in [-0.4, -0.2) is 26.4 Å². The van der Waals surface area contributed by atoms with Crippen LogP contribution in [0.4, 0.5) is 14.5 Å². The smallest absolute Gasteiger partial charge is 0.234 e. The minimum Gasteiger partial charge on any atom is -0.483 e. The van der Waals surface area contributed by atoms with Gasteiger partial charge in [-0.3, -0.25) is 9.36 Å². The lowest BCUT2D eigenvalue weighted by Gasteiger charge is -2.11. The number of halogens is 3. The lowest BCUT2D eigenvalue weighted by Crippen LogP contribution is -2.15. The Kier molecular flexibility index (Phi) is 7.21. The minimum atomic E-state index is -0.565. The second-order valence-corrected chi connectivity index (χ2v) is 8.10. The number of thioether (sulfide) groups is 1. The molecule has 0 fully saturated rings. The first-order valence-electron chi connectivity index (χ1n) is 9.76. The Bertz CT molecular complexity index is 1270. The predicted molar refractivity (Wildman–Crippen MR) is 123 cm³/mol. The molecule has 6 nitrogen and oxygen atoms in total. The number of amides is 1. The van der Waals surface area contributed by atoms with Crippen LogP contribution in [0.5, 0.6) is 5.75 Å². The third-order valence-corrected chi connectivity index (χ3v) is 5.66. The highest BCUT2D eigenvalue weighted by atomic mass is 35.5. The SMILES string of the molecule is O=C(CSc1nnc(COc2ccccc2F)n1-c1ccccc1)Nc1ccc(F)c(Cl)c1. The molecule has 1 N–H and O–H groups in total. The molecular formula is C23H17ClF2N4O2S. The van der Waals surface area contributed by atoms with Crippen molar-refractivity contribution < 1.29 is 18.3 Å². The summed E-state index contributed by atoms with van der Waals surface area (Å²) in [6, 6.07) is 19.3. The number of carbonyl (C=O) groups excluding carboxylic acids is 1. The number of carbonyl (C=O) groups is 1. The van der Waals surface area contributed by atoms with Crippen LogP contribution in [0.3, 0.4) is 0 Å². The molecule has 4 aromatic rings. The van der Waals surface area contributed by atoms with Crippen LogP contribution in [0.2, 0.25) is 5.02 Å². The van der Waals surface area contributed by atoms with Gasteiger partial charge in [-0.15, -0.1) is 10.2 Å². The Morgan fingerprint density at radius 3 is 2.52 bits per heavy atom. The number of hydrogen-bond donors (Lipinski definition) is 1. The Morgan fingerprint density at radius 1 is 1.00 bits per heavy atom. The molecule has 0 saturated heterocycles. The number of hydrogen-bond acceptors (Lipinski definition) is 5. The number of rotatable bonds is 8. The fourth-order valence-electron chi connectivity index (χ4n) is 2.93. The minimum absolute atomic E-state index is 0.0220. The molecule has 3 aromatic carbocycles. The van der Waals surface area contributed by atoms with Crippen LogP contribution >= 0.6 is 23.4 Å². The van der Waals surface area contributed by atoms with Gasteiger partial charge in [-0.2, -0.15) is 0 Å². The normalized spacial score (nSPS) is 10.8. The monoisotopic (exact) mass is 486 g/mol. The first-order valence-corrected chi connectivity index (χ1v) is 11.1. The summed E-state index contributed by atoms with van der Waals surface area (Å²) in [5.41, 5.74) is 1.15. The molecule has 0 unspecified atom stereocenters. The molecule has 1 amide bonds. The van der Waals surface area contributed by atoms with Crippen molar-refractivity contribution in [2.24, 2.45) is 0 Å². The first-order chi connectivity index (χ1) is 16.0. The number of para-hydroxylation sites is 2. The molecule has 0 atom stereocenters. The molecule has 0 aliphatic rings. The maximum Gasteiger partial charge on any atom is 0.234 e. The second-order valence-electron chi connectivity index (χ2n) is 6.75. The standard InChI is InChI=1S/C23H17ClF2N4O2S/c24-17-12-15(10-11-18(17)25)27-22(31)14-33-23-29-28-21(30(23)16-6-2-1-3-7-16)13-32-20-9-5-4-8-19(20)26/h1-12H,13-14H2,(H,27,31). The van der Waals surface area contributed by atoms with Gasteiger partial charge in [-0.25, -0.2) is 8.78 Å². The van der Waals surface area contributed by atoms with Gasteiger partial charge >= 0.3 is 0 Å². The largest absolute Gasteiger partial charge is 0.483 e. The van der Waals surface area contributed by atoms with E-state index in [0.717, 1.165) is 17.4 Å². The summed E-state index contributed by atoms with van der Waals surface area (Å²) in [4.78, 5) is 12.4. The molecule has 0 bridgehead atoms. The van der Waals surface area contributed by atoms with Gasteiger partial charge in [0.25, 0.3) is 0 Å². The number of ether oxygens (including phenoxy) is 1. The second kappa shape index (κ2) is 10.5. The highest BCUT2D eigenvalue weighted by Crippen LogP contribution is 2.25. The average Bonchev–Trinajstić information content (AvgIpc) is 3.23. The van der Waals surface area contributed by atoms with Crippen LogP contribution in [-0.2, 0) is 11.4 Å². The molecule has 0 saturated carbocycles. The molecule has 0 aliphatic heterocycles. The summed E-state index contributed by atoms with van der Waals surface area (Å²) in [6.45, 7) is -0.0241. The highest BCUT2D eigenvalue weighted by Gasteiger charge is 2.17. The lowest BCUT2D eigenvalue weighted by atomic mass is 10.3. The number of nitrogens with zero attached hydrogens (tertiary/aromatic N) is 3. The van der Waals surface area contributed by atoms with Crippen molar-refractivity contribution in [2.45, 2.75) is 11.8 Å². The molecule has 10 heteroatoms. The van der Waals surface area contributed by atoms with Gasteiger partial charge in [0.05, 0.1) is 10.8 Å². The highest BCUT2D eigenvalue weighted by molar-refractivity contribution is 7.99. The number of benzene rings is 3. The lowest BCUT2D eigenvalue weighted by molar-refractivity contribution is -0.113. The molecule has 1 heterocycles. The average molecular weight is 487 g/mol. The Morgan fingerprint density at radius 2 is 1.76 bits per heavy atom. The van der Waals surface area contributed by atoms with E-state index in [1.54, 1.807) is 16.7 Å². The Balaban J connectivity index is 1.49. The molecule has 168 valence electrons. The zero-order valence-electron chi connectivity index (χ0n) is 17.0. The number of aromatic nitrogens is 3. The molecule has 4 rings (SSSR count). The summed E-state index contributed by atoms with van der Waals surface area (Å²) in [6.07, 6.45) is 0. The van der Waals surface area contributed by atoms with E-state index in [-0.39, 0.29) is 29.0 Å². The molecule has 1 aromatic heterocycles. The van der Waals surface area contributed by atoms with E-state index in [0.29, 0.717) is 16.7 Å². The third-order valence-electron chi connectivity index (χ3n) is 4.44. The zero-order valence-corrected chi connectivity index (χ0v) is 18.6. The van der Waals surface area contributed by atoms with Crippen LogP contribution in [0.15, 0.2) is 78.0 Å². The third kappa shape index (κ3) is 5.68. The van der Waals surface area contributed by atoms with Crippen molar-refractivity contribution in [1.29, 1.82) is 0 Å². The predicted octanol–water partition coefficient (Wildman–Crippen LogP) is 5.51. The van der Waals surface area contributed by atoms with E-state index in [4.69, 9.17) is 16.3 Å².